The summed E-state index contributed by atoms with van der Waals surface area (Å²) in [4.78, 5) is 25.5. The minimum atomic E-state index is 0.0299. The van der Waals surface area contributed by atoms with Gasteiger partial charge in [-0.05, 0) is 55.6 Å². The van der Waals surface area contributed by atoms with Crippen LogP contribution in [0.4, 0.5) is 0 Å². The first kappa shape index (κ1) is 17.7. The molecule has 0 aliphatic rings. The zero-order valence-electron chi connectivity index (χ0n) is 13.7. The van der Waals surface area contributed by atoms with Gasteiger partial charge in [-0.2, -0.15) is 0 Å². The highest BCUT2D eigenvalue weighted by molar-refractivity contribution is 5.94. The van der Waals surface area contributed by atoms with Crippen molar-refractivity contribution in [2.24, 2.45) is 0 Å². The van der Waals surface area contributed by atoms with E-state index in [1.54, 1.807) is 48.9 Å². The Balaban J connectivity index is 1.63. The lowest BCUT2D eigenvalue weighted by molar-refractivity contribution is -0.114. The van der Waals surface area contributed by atoms with Crippen molar-refractivity contribution in [1.82, 2.24) is 4.90 Å². The van der Waals surface area contributed by atoms with Gasteiger partial charge >= 0.3 is 0 Å². The molecule has 5 nitrogen and oxygen atoms in total. The lowest BCUT2D eigenvalue weighted by atomic mass is 10.2. The molecule has 126 valence electrons. The van der Waals surface area contributed by atoms with Gasteiger partial charge in [0.25, 0.3) is 0 Å². The van der Waals surface area contributed by atoms with E-state index in [9.17, 15) is 9.59 Å². The number of carbonyl (C=O) groups is 2. The van der Waals surface area contributed by atoms with Gasteiger partial charge in [0, 0.05) is 25.9 Å². The van der Waals surface area contributed by atoms with Crippen molar-refractivity contribution < 1.29 is 18.4 Å². The average molecular weight is 327 g/mol. The van der Waals surface area contributed by atoms with Gasteiger partial charge in [0.15, 0.2) is 11.6 Å². The Morgan fingerprint density at radius 2 is 1.38 bits per heavy atom. The molecule has 2 aromatic heterocycles. The van der Waals surface area contributed by atoms with Crippen LogP contribution in [0.15, 0.2) is 57.8 Å². The van der Waals surface area contributed by atoms with Crippen LogP contribution in [0.25, 0.3) is 12.2 Å². The topological polar surface area (TPSA) is 63.7 Å². The van der Waals surface area contributed by atoms with E-state index in [1.165, 1.54) is 12.2 Å². The van der Waals surface area contributed by atoms with Gasteiger partial charge in [0.1, 0.15) is 11.5 Å². The Morgan fingerprint density at radius 3 is 1.75 bits per heavy atom. The van der Waals surface area contributed by atoms with Crippen LogP contribution in [0.1, 0.15) is 24.4 Å². The fraction of sp³-hybridized carbons (Fsp3) is 0.263. The van der Waals surface area contributed by atoms with Crippen LogP contribution in [0, 0.1) is 0 Å². The molecule has 0 saturated heterocycles. The van der Waals surface area contributed by atoms with E-state index in [0.717, 1.165) is 0 Å². The van der Waals surface area contributed by atoms with Gasteiger partial charge in [-0.25, -0.2) is 0 Å². The second kappa shape index (κ2) is 9.47. The van der Waals surface area contributed by atoms with E-state index < -0.39 is 0 Å². The number of hydrogen-bond acceptors (Lipinski definition) is 5. The summed E-state index contributed by atoms with van der Waals surface area (Å²) in [5.74, 6) is 1.38. The number of hydrogen-bond donors (Lipinski definition) is 0. The quantitative estimate of drug-likeness (QED) is 0.625. The maximum atomic E-state index is 11.8. The molecule has 0 amide bonds. The summed E-state index contributed by atoms with van der Waals surface area (Å²) in [5.41, 5.74) is 0. The van der Waals surface area contributed by atoms with Gasteiger partial charge in [-0.3, -0.25) is 9.59 Å². The molecule has 0 bridgehead atoms. The number of furan rings is 2. The fourth-order valence-electron chi connectivity index (χ4n) is 2.00. The first-order valence-electron chi connectivity index (χ1n) is 7.81. The lowest BCUT2D eigenvalue weighted by Crippen LogP contribution is -2.24. The molecule has 0 N–H and O–H groups in total. The smallest absolute Gasteiger partial charge is 0.157 e. The third kappa shape index (κ3) is 6.62. The van der Waals surface area contributed by atoms with E-state index in [0.29, 0.717) is 37.5 Å². The summed E-state index contributed by atoms with van der Waals surface area (Å²) >= 11 is 0. The van der Waals surface area contributed by atoms with Crippen LogP contribution >= 0.6 is 0 Å². The molecule has 0 fully saturated rings. The van der Waals surface area contributed by atoms with Gasteiger partial charge in [0.05, 0.1) is 12.5 Å². The Bertz CT molecular complexity index is 621. The van der Waals surface area contributed by atoms with E-state index in [-0.39, 0.29) is 11.6 Å². The maximum Gasteiger partial charge on any atom is 0.157 e. The van der Waals surface area contributed by atoms with Gasteiger partial charge in [-0.15, -0.1) is 0 Å². The summed E-state index contributed by atoms with van der Waals surface area (Å²) in [6.07, 6.45) is 10.3. The molecule has 0 aliphatic heterocycles. The predicted molar refractivity (Wildman–Crippen MR) is 92.2 cm³/mol. The summed E-state index contributed by atoms with van der Waals surface area (Å²) in [5, 5.41) is 0. The zero-order valence-corrected chi connectivity index (χ0v) is 13.7. The summed E-state index contributed by atoms with van der Waals surface area (Å²) in [7, 11) is 1.90. The van der Waals surface area contributed by atoms with Crippen LogP contribution in [0.2, 0.25) is 0 Å². The predicted octanol–water partition coefficient (Wildman–Crippen LogP) is 3.45. The number of carbonyl (C=O) groups excluding carboxylic acids is 2. The van der Waals surface area contributed by atoms with Crippen molar-refractivity contribution >= 4 is 23.7 Å². The van der Waals surface area contributed by atoms with Crippen LogP contribution in [-0.2, 0) is 9.59 Å². The summed E-state index contributed by atoms with van der Waals surface area (Å²) < 4.78 is 10.2. The highest BCUT2D eigenvalue weighted by atomic mass is 16.3. The van der Waals surface area contributed by atoms with E-state index in [1.807, 2.05) is 11.9 Å². The molecule has 2 heterocycles. The minimum Gasteiger partial charge on any atom is -0.465 e. The molecule has 24 heavy (non-hydrogen) atoms. The highest BCUT2D eigenvalue weighted by Gasteiger charge is 2.05. The second-order valence-electron chi connectivity index (χ2n) is 5.43. The largest absolute Gasteiger partial charge is 0.465 e. The van der Waals surface area contributed by atoms with Crippen LogP contribution in [0.5, 0.6) is 0 Å². The molecule has 0 radical (unpaired) electrons. The van der Waals surface area contributed by atoms with Crippen LogP contribution in [-0.4, -0.2) is 36.6 Å². The Hall–Kier alpha value is -2.66. The maximum absolute atomic E-state index is 11.8. The number of rotatable bonds is 10. The number of ketones is 2. The van der Waals surface area contributed by atoms with E-state index in [4.69, 9.17) is 8.83 Å². The van der Waals surface area contributed by atoms with Gasteiger partial charge in [-0.1, -0.05) is 0 Å². The third-order valence-electron chi connectivity index (χ3n) is 3.43. The lowest BCUT2D eigenvalue weighted by Gasteiger charge is -2.14. The molecule has 2 aromatic rings. The molecule has 0 unspecified atom stereocenters. The second-order valence-corrected chi connectivity index (χ2v) is 5.43. The summed E-state index contributed by atoms with van der Waals surface area (Å²) in [6, 6.07) is 7.13. The zero-order chi connectivity index (χ0) is 17.2. The first-order chi connectivity index (χ1) is 11.6. The van der Waals surface area contributed by atoms with Crippen molar-refractivity contribution in [3.63, 3.8) is 0 Å². The van der Waals surface area contributed by atoms with Crippen molar-refractivity contribution in [2.75, 3.05) is 20.1 Å². The van der Waals surface area contributed by atoms with Crippen molar-refractivity contribution in [1.29, 1.82) is 0 Å². The molecule has 0 spiro atoms. The molecular formula is C19H21NO4. The van der Waals surface area contributed by atoms with Gasteiger partial charge in [0.2, 0.25) is 0 Å². The molecule has 0 saturated carbocycles. The fourth-order valence-corrected chi connectivity index (χ4v) is 2.00. The average Bonchev–Trinajstić information content (AvgIpc) is 3.27. The molecule has 5 heteroatoms. The SMILES string of the molecule is CN(CCC(=O)C=Cc1ccco1)CCC(=O)C=Cc1ccco1. The monoisotopic (exact) mass is 327 g/mol. The molecular weight excluding hydrogens is 306 g/mol. The van der Waals surface area contributed by atoms with Gasteiger partial charge < -0.3 is 13.7 Å². The third-order valence-corrected chi connectivity index (χ3v) is 3.43. The van der Waals surface area contributed by atoms with E-state index >= 15 is 0 Å². The molecule has 0 atom stereocenters. The molecule has 0 aliphatic carbocycles. The first-order valence-corrected chi connectivity index (χ1v) is 7.81. The van der Waals surface area contributed by atoms with E-state index in [2.05, 4.69) is 0 Å². The standard InChI is InChI=1S/C19H21NO4/c1-20(12-10-16(21)6-8-18-4-2-14-23-18)13-11-17(22)7-9-19-5-3-15-24-19/h2-9,14-15H,10-13H2,1H3. The van der Waals surface area contributed by atoms with Crippen LogP contribution < -0.4 is 0 Å². The highest BCUT2D eigenvalue weighted by Crippen LogP contribution is 2.04. The number of nitrogens with zero attached hydrogens (tertiary/aromatic N) is 1. The van der Waals surface area contributed by atoms with Crippen molar-refractivity contribution in [3.8, 4) is 0 Å². The Labute approximate surface area is 141 Å². The Morgan fingerprint density at radius 1 is 0.917 bits per heavy atom. The minimum absolute atomic E-state index is 0.0299. The normalized spacial score (nSPS) is 11.8. The number of allylic oxidation sites excluding steroid dienone is 2. The molecule has 2 rings (SSSR count). The molecule has 0 aromatic carbocycles. The summed E-state index contributed by atoms with van der Waals surface area (Å²) in [6.45, 7) is 1.22. The van der Waals surface area contributed by atoms with Crippen molar-refractivity contribution in [3.05, 3.63) is 60.5 Å². The van der Waals surface area contributed by atoms with Crippen LogP contribution in [0.3, 0.4) is 0 Å². The van der Waals surface area contributed by atoms with Crippen molar-refractivity contribution in [2.45, 2.75) is 12.8 Å². The Kier molecular flexibility index (Phi) is 6.98.